The summed E-state index contributed by atoms with van der Waals surface area (Å²) in [6.45, 7) is 5.61. The van der Waals surface area contributed by atoms with Gasteiger partial charge in [-0.1, -0.05) is 6.08 Å². The van der Waals surface area contributed by atoms with E-state index in [0.29, 0.717) is 17.6 Å². The molecule has 0 saturated carbocycles. The third kappa shape index (κ3) is 3.10. The average molecular weight is 276 g/mol. The van der Waals surface area contributed by atoms with Crippen LogP contribution in [0.3, 0.4) is 0 Å². The highest BCUT2D eigenvalue weighted by atomic mass is 16.1. The van der Waals surface area contributed by atoms with Crippen LogP contribution in [0.1, 0.15) is 31.0 Å². The predicted octanol–water partition coefficient (Wildman–Crippen LogP) is 1.64. The third-order valence-electron chi connectivity index (χ3n) is 4.00. The van der Waals surface area contributed by atoms with Gasteiger partial charge in [0.25, 0.3) is 5.56 Å². The number of anilines is 1. The minimum Gasteiger partial charge on any atom is -0.342 e. The number of allylic oxidation sites excluding steroid dienone is 1. The van der Waals surface area contributed by atoms with E-state index in [1.807, 2.05) is 26.0 Å². The Balaban J connectivity index is 2.20. The Morgan fingerprint density at radius 3 is 2.55 bits per heavy atom. The standard InChI is InChI=1S/C15H24N4O/c1-5-6-13-11(2)14(20)17-15(16-13)19-9-7-12(8-10-19)18(3)4/h5-6,12H,7-10H2,1-4H3,(H,16,17,20)/b6-5-. The van der Waals surface area contributed by atoms with Crippen LogP contribution < -0.4 is 10.5 Å². The largest absolute Gasteiger partial charge is 0.342 e. The number of hydrogen-bond donors (Lipinski definition) is 1. The van der Waals surface area contributed by atoms with Crippen molar-refractivity contribution >= 4 is 12.0 Å². The molecule has 0 amide bonds. The van der Waals surface area contributed by atoms with Crippen molar-refractivity contribution in [1.82, 2.24) is 14.9 Å². The second-order valence-electron chi connectivity index (χ2n) is 5.58. The molecule has 1 N–H and O–H groups in total. The lowest BCUT2D eigenvalue weighted by molar-refractivity contribution is 0.249. The highest BCUT2D eigenvalue weighted by Crippen LogP contribution is 2.18. The predicted molar refractivity (Wildman–Crippen MR) is 83.2 cm³/mol. The van der Waals surface area contributed by atoms with Gasteiger partial charge in [-0.25, -0.2) is 4.98 Å². The van der Waals surface area contributed by atoms with Crippen LogP contribution in [0.25, 0.3) is 6.08 Å². The highest BCUT2D eigenvalue weighted by molar-refractivity contribution is 5.50. The Morgan fingerprint density at radius 1 is 1.35 bits per heavy atom. The Bertz CT molecular complexity index is 539. The molecule has 110 valence electrons. The highest BCUT2D eigenvalue weighted by Gasteiger charge is 2.22. The Kier molecular flexibility index (Phi) is 4.60. The molecule has 0 bridgehead atoms. The smallest absolute Gasteiger partial charge is 0.255 e. The molecule has 0 atom stereocenters. The number of nitrogens with one attached hydrogen (secondary N) is 1. The topological polar surface area (TPSA) is 52.2 Å². The van der Waals surface area contributed by atoms with E-state index in [1.165, 1.54) is 0 Å². The third-order valence-corrected chi connectivity index (χ3v) is 4.00. The molecule has 0 spiro atoms. The van der Waals surface area contributed by atoms with Gasteiger partial charge in [-0.15, -0.1) is 0 Å². The monoisotopic (exact) mass is 276 g/mol. The minimum absolute atomic E-state index is 0.0437. The van der Waals surface area contributed by atoms with Gasteiger partial charge in [0, 0.05) is 24.7 Å². The zero-order valence-electron chi connectivity index (χ0n) is 12.8. The van der Waals surface area contributed by atoms with Gasteiger partial charge >= 0.3 is 0 Å². The van der Waals surface area contributed by atoms with Gasteiger partial charge in [0.2, 0.25) is 5.95 Å². The van der Waals surface area contributed by atoms with Crippen LogP contribution >= 0.6 is 0 Å². The van der Waals surface area contributed by atoms with E-state index in [0.717, 1.165) is 31.6 Å². The number of aromatic amines is 1. The number of hydrogen-bond acceptors (Lipinski definition) is 4. The Morgan fingerprint density at radius 2 is 2.00 bits per heavy atom. The molecule has 2 rings (SSSR count). The summed E-state index contributed by atoms with van der Waals surface area (Å²) in [4.78, 5) is 23.9. The van der Waals surface area contributed by atoms with Crippen molar-refractivity contribution in [2.75, 3.05) is 32.1 Å². The van der Waals surface area contributed by atoms with E-state index >= 15 is 0 Å². The lowest BCUT2D eigenvalue weighted by atomic mass is 10.0. The summed E-state index contributed by atoms with van der Waals surface area (Å²) in [7, 11) is 4.24. The van der Waals surface area contributed by atoms with Crippen LogP contribution in [0, 0.1) is 6.92 Å². The van der Waals surface area contributed by atoms with Gasteiger partial charge in [0.05, 0.1) is 5.69 Å². The second-order valence-corrected chi connectivity index (χ2v) is 5.58. The summed E-state index contributed by atoms with van der Waals surface area (Å²) in [5, 5.41) is 0. The van der Waals surface area contributed by atoms with Crippen LogP contribution in [0.4, 0.5) is 5.95 Å². The van der Waals surface area contributed by atoms with E-state index < -0.39 is 0 Å². The van der Waals surface area contributed by atoms with Crippen LogP contribution in [-0.2, 0) is 0 Å². The molecule has 2 heterocycles. The molecule has 0 aromatic carbocycles. The maximum absolute atomic E-state index is 12.0. The van der Waals surface area contributed by atoms with E-state index in [-0.39, 0.29) is 5.56 Å². The maximum Gasteiger partial charge on any atom is 0.255 e. The fourth-order valence-electron chi connectivity index (χ4n) is 2.60. The lowest BCUT2D eigenvalue weighted by Crippen LogP contribution is -2.43. The summed E-state index contributed by atoms with van der Waals surface area (Å²) in [5.74, 6) is 0.700. The molecular formula is C15H24N4O. The van der Waals surface area contributed by atoms with Crippen LogP contribution in [0.2, 0.25) is 0 Å². The average Bonchev–Trinajstić information content (AvgIpc) is 2.44. The Labute approximate surface area is 120 Å². The molecule has 1 saturated heterocycles. The fraction of sp³-hybridized carbons (Fsp3) is 0.600. The van der Waals surface area contributed by atoms with Crippen molar-refractivity contribution < 1.29 is 0 Å². The number of piperidine rings is 1. The summed E-state index contributed by atoms with van der Waals surface area (Å²) < 4.78 is 0. The minimum atomic E-state index is -0.0437. The van der Waals surface area contributed by atoms with Gasteiger partial charge in [-0.05, 0) is 46.9 Å². The summed E-state index contributed by atoms with van der Waals surface area (Å²) >= 11 is 0. The maximum atomic E-state index is 12.0. The molecule has 0 unspecified atom stereocenters. The van der Waals surface area contributed by atoms with E-state index in [1.54, 1.807) is 0 Å². The van der Waals surface area contributed by atoms with E-state index in [9.17, 15) is 4.79 Å². The first-order valence-electron chi connectivity index (χ1n) is 7.18. The van der Waals surface area contributed by atoms with Gasteiger partial charge in [0.15, 0.2) is 0 Å². The fourth-order valence-corrected chi connectivity index (χ4v) is 2.60. The van der Waals surface area contributed by atoms with Gasteiger partial charge in [0.1, 0.15) is 0 Å². The molecule has 5 heteroatoms. The number of rotatable bonds is 3. The van der Waals surface area contributed by atoms with Crippen molar-refractivity contribution in [3.8, 4) is 0 Å². The molecule has 1 aromatic rings. The van der Waals surface area contributed by atoms with Crippen LogP contribution in [0.15, 0.2) is 10.9 Å². The first kappa shape index (κ1) is 14.8. The van der Waals surface area contributed by atoms with Gasteiger partial charge in [-0.3, -0.25) is 9.78 Å². The first-order chi connectivity index (χ1) is 9.52. The van der Waals surface area contributed by atoms with E-state index in [2.05, 4.69) is 33.9 Å². The first-order valence-corrected chi connectivity index (χ1v) is 7.18. The van der Waals surface area contributed by atoms with E-state index in [4.69, 9.17) is 0 Å². The number of nitrogens with zero attached hydrogens (tertiary/aromatic N) is 3. The second kappa shape index (κ2) is 6.22. The van der Waals surface area contributed by atoms with Crippen molar-refractivity contribution in [3.05, 3.63) is 27.7 Å². The van der Waals surface area contributed by atoms with Crippen LogP contribution in [-0.4, -0.2) is 48.1 Å². The molecule has 1 aromatic heterocycles. The molecule has 0 radical (unpaired) electrons. The molecule has 0 aliphatic carbocycles. The van der Waals surface area contributed by atoms with Crippen molar-refractivity contribution in [2.45, 2.75) is 32.7 Å². The molecular weight excluding hydrogens is 252 g/mol. The summed E-state index contributed by atoms with van der Waals surface area (Å²) in [6.07, 6.45) is 6.00. The van der Waals surface area contributed by atoms with Gasteiger partial charge < -0.3 is 9.80 Å². The van der Waals surface area contributed by atoms with Crippen molar-refractivity contribution in [3.63, 3.8) is 0 Å². The SMILES string of the molecule is C/C=C\c1nc(N2CCC(N(C)C)CC2)[nH]c(=O)c1C. The normalized spacial score (nSPS) is 17.4. The summed E-state index contributed by atoms with van der Waals surface area (Å²) in [5.41, 5.74) is 1.40. The molecule has 1 fully saturated rings. The molecule has 5 nitrogen and oxygen atoms in total. The molecule has 1 aliphatic rings. The zero-order valence-corrected chi connectivity index (χ0v) is 12.8. The van der Waals surface area contributed by atoms with Gasteiger partial charge in [-0.2, -0.15) is 0 Å². The molecule has 1 aliphatic heterocycles. The van der Waals surface area contributed by atoms with Crippen LogP contribution in [0.5, 0.6) is 0 Å². The molecule has 20 heavy (non-hydrogen) atoms. The number of H-pyrrole nitrogens is 1. The van der Waals surface area contributed by atoms with Crippen molar-refractivity contribution in [1.29, 1.82) is 0 Å². The zero-order chi connectivity index (χ0) is 14.7. The summed E-state index contributed by atoms with van der Waals surface area (Å²) in [6, 6.07) is 0.624. The van der Waals surface area contributed by atoms with Crippen molar-refractivity contribution in [2.24, 2.45) is 0 Å². The quantitative estimate of drug-likeness (QED) is 0.912. The number of aromatic nitrogens is 2. The lowest BCUT2D eigenvalue weighted by Gasteiger charge is -2.35. The Hall–Kier alpha value is -1.62.